The molecule has 0 spiro atoms. The molecule has 2 N–H and O–H groups in total. The van der Waals surface area contributed by atoms with Crippen molar-refractivity contribution in [2.75, 3.05) is 0 Å². The third kappa shape index (κ3) is 1.54. The molecule has 0 radical (unpaired) electrons. The van der Waals surface area contributed by atoms with Crippen LogP contribution in [0.3, 0.4) is 0 Å². The van der Waals surface area contributed by atoms with Crippen molar-refractivity contribution in [3.63, 3.8) is 0 Å². The van der Waals surface area contributed by atoms with Crippen LogP contribution in [0.5, 0.6) is 0 Å². The monoisotopic (exact) mass is 212 g/mol. The number of carbonyl (C=O) groups is 2. The van der Waals surface area contributed by atoms with E-state index in [0.29, 0.717) is 24.0 Å². The van der Waals surface area contributed by atoms with Gasteiger partial charge in [-0.25, -0.2) is 0 Å². The van der Waals surface area contributed by atoms with E-state index < -0.39 is 17.4 Å². The molecule has 84 valence electrons. The van der Waals surface area contributed by atoms with Gasteiger partial charge < -0.3 is 10.2 Å². The Morgan fingerprint density at radius 2 is 1.33 bits per heavy atom. The van der Waals surface area contributed by atoms with Gasteiger partial charge in [-0.2, -0.15) is 0 Å². The Morgan fingerprint density at radius 3 is 1.53 bits per heavy atom. The molecule has 1 aliphatic rings. The van der Waals surface area contributed by atoms with Gasteiger partial charge in [0.15, 0.2) is 0 Å². The van der Waals surface area contributed by atoms with E-state index >= 15 is 0 Å². The molecule has 0 aliphatic heterocycles. The minimum atomic E-state index is -1.65. The van der Waals surface area contributed by atoms with Crippen LogP contribution in [-0.4, -0.2) is 22.2 Å². The van der Waals surface area contributed by atoms with Gasteiger partial charge >= 0.3 is 11.9 Å². The molecule has 1 aliphatic carbocycles. The molecule has 4 nitrogen and oxygen atoms in total. The van der Waals surface area contributed by atoms with Gasteiger partial charge in [-0.05, 0) is 24.0 Å². The van der Waals surface area contributed by atoms with Gasteiger partial charge in [0.2, 0.25) is 5.41 Å². The van der Waals surface area contributed by atoms with Crippen molar-refractivity contribution < 1.29 is 19.8 Å². The van der Waals surface area contributed by atoms with Crippen molar-refractivity contribution in [2.24, 2.45) is 5.41 Å². The summed E-state index contributed by atoms with van der Waals surface area (Å²) in [6, 6.07) is 0. The van der Waals surface area contributed by atoms with Gasteiger partial charge in [-0.15, -0.1) is 0 Å². The second kappa shape index (κ2) is 4.04. The summed E-state index contributed by atoms with van der Waals surface area (Å²) in [6.45, 7) is 3.84. The average molecular weight is 212 g/mol. The van der Waals surface area contributed by atoms with E-state index in [0.717, 1.165) is 12.8 Å². The second-order valence-electron chi connectivity index (χ2n) is 3.82. The quantitative estimate of drug-likeness (QED) is 0.522. The number of carboxylic acids is 2. The maximum absolute atomic E-state index is 11.1. The van der Waals surface area contributed by atoms with Gasteiger partial charge in [0.1, 0.15) is 0 Å². The fraction of sp³-hybridized carbons (Fsp3) is 0.636. The minimum Gasteiger partial charge on any atom is -0.480 e. The number of hydrogen-bond acceptors (Lipinski definition) is 2. The second-order valence-corrected chi connectivity index (χ2v) is 3.82. The van der Waals surface area contributed by atoms with Crippen LogP contribution in [0.2, 0.25) is 0 Å². The normalized spacial score (nSPS) is 17.7. The van der Waals surface area contributed by atoms with Crippen molar-refractivity contribution in [2.45, 2.75) is 39.5 Å². The summed E-state index contributed by atoms with van der Waals surface area (Å²) in [5.41, 5.74) is -0.412. The van der Waals surface area contributed by atoms with Crippen LogP contribution in [0, 0.1) is 5.41 Å². The smallest absolute Gasteiger partial charge is 0.329 e. The molecule has 0 heterocycles. The van der Waals surface area contributed by atoms with Gasteiger partial charge in [0.05, 0.1) is 0 Å². The number of hydrogen-bond donors (Lipinski definition) is 2. The van der Waals surface area contributed by atoms with Gasteiger partial charge in [0, 0.05) is 0 Å². The number of rotatable bonds is 6. The third-order valence-corrected chi connectivity index (χ3v) is 2.85. The summed E-state index contributed by atoms with van der Waals surface area (Å²) in [5, 5.41) is 18.1. The van der Waals surface area contributed by atoms with Crippen molar-refractivity contribution in [1.29, 1.82) is 0 Å². The SMILES string of the molecule is CCCC1=C(CCC)C1(C(=O)O)C(=O)O. The lowest BCUT2D eigenvalue weighted by molar-refractivity contribution is -0.155. The van der Waals surface area contributed by atoms with Crippen molar-refractivity contribution in [3.05, 3.63) is 11.1 Å². The maximum Gasteiger partial charge on any atom is 0.329 e. The largest absolute Gasteiger partial charge is 0.480 e. The molecule has 0 amide bonds. The van der Waals surface area contributed by atoms with E-state index in [1.54, 1.807) is 0 Å². The predicted molar refractivity (Wildman–Crippen MR) is 54.5 cm³/mol. The summed E-state index contributed by atoms with van der Waals surface area (Å²) in [7, 11) is 0. The predicted octanol–water partition coefficient (Wildman–Crippen LogP) is 2.05. The van der Waals surface area contributed by atoms with Gasteiger partial charge in [0.25, 0.3) is 0 Å². The van der Waals surface area contributed by atoms with Crippen LogP contribution in [0.15, 0.2) is 11.1 Å². The van der Waals surface area contributed by atoms with Crippen molar-refractivity contribution >= 4 is 11.9 Å². The molecular weight excluding hydrogens is 196 g/mol. The van der Waals surface area contributed by atoms with E-state index in [9.17, 15) is 9.59 Å². The first kappa shape index (κ1) is 11.8. The van der Waals surface area contributed by atoms with E-state index in [1.807, 2.05) is 13.8 Å². The molecule has 0 saturated heterocycles. The first-order chi connectivity index (χ1) is 7.03. The zero-order chi connectivity index (χ0) is 11.6. The summed E-state index contributed by atoms with van der Waals surface area (Å²) >= 11 is 0. The van der Waals surface area contributed by atoms with Crippen LogP contribution in [0.4, 0.5) is 0 Å². The van der Waals surface area contributed by atoms with Crippen LogP contribution in [0.25, 0.3) is 0 Å². The molecule has 0 aromatic carbocycles. The van der Waals surface area contributed by atoms with Gasteiger partial charge in [-0.3, -0.25) is 9.59 Å². The van der Waals surface area contributed by atoms with Crippen molar-refractivity contribution in [3.8, 4) is 0 Å². The molecule has 1 rings (SSSR count). The lowest BCUT2D eigenvalue weighted by Crippen LogP contribution is -2.30. The molecule has 0 bridgehead atoms. The summed E-state index contributed by atoms with van der Waals surface area (Å²) in [4.78, 5) is 22.1. The maximum atomic E-state index is 11.1. The molecule has 0 aromatic rings. The summed E-state index contributed by atoms with van der Waals surface area (Å²) in [6.07, 6.45) is 2.72. The highest BCUT2D eigenvalue weighted by atomic mass is 16.4. The Labute approximate surface area is 88.6 Å². The van der Waals surface area contributed by atoms with E-state index in [1.165, 1.54) is 0 Å². The topological polar surface area (TPSA) is 74.6 Å². The Bertz CT molecular complexity index is 295. The minimum absolute atomic E-state index is 0.577. The van der Waals surface area contributed by atoms with E-state index in [2.05, 4.69) is 0 Å². The zero-order valence-electron chi connectivity index (χ0n) is 9.04. The highest BCUT2D eigenvalue weighted by Gasteiger charge is 2.64. The van der Waals surface area contributed by atoms with Crippen LogP contribution >= 0.6 is 0 Å². The first-order valence-electron chi connectivity index (χ1n) is 5.23. The van der Waals surface area contributed by atoms with Crippen LogP contribution < -0.4 is 0 Å². The van der Waals surface area contributed by atoms with E-state index in [4.69, 9.17) is 10.2 Å². The Kier molecular flexibility index (Phi) is 3.17. The standard InChI is InChI=1S/C11H16O4/c1-3-5-7-8(6-4-2)11(7,9(12)13)10(14)15/h3-6H2,1-2H3,(H,12,13)(H,14,15). The first-order valence-corrected chi connectivity index (χ1v) is 5.23. The fourth-order valence-corrected chi connectivity index (χ4v) is 2.17. The lowest BCUT2D eigenvalue weighted by Gasteiger charge is -2.08. The third-order valence-electron chi connectivity index (χ3n) is 2.85. The molecule has 15 heavy (non-hydrogen) atoms. The molecule has 0 unspecified atom stereocenters. The highest BCUT2D eigenvalue weighted by Crippen LogP contribution is 2.57. The fourth-order valence-electron chi connectivity index (χ4n) is 2.17. The lowest BCUT2D eigenvalue weighted by atomic mass is 9.95. The Morgan fingerprint density at radius 1 is 1.00 bits per heavy atom. The van der Waals surface area contributed by atoms with Gasteiger partial charge in [-0.1, -0.05) is 26.7 Å². The summed E-state index contributed by atoms with van der Waals surface area (Å²) < 4.78 is 0. The average Bonchev–Trinajstić information content (AvgIpc) is 2.76. The molecule has 0 saturated carbocycles. The Hall–Kier alpha value is -1.32. The van der Waals surface area contributed by atoms with Crippen LogP contribution in [-0.2, 0) is 9.59 Å². The zero-order valence-corrected chi connectivity index (χ0v) is 9.04. The van der Waals surface area contributed by atoms with Crippen molar-refractivity contribution in [1.82, 2.24) is 0 Å². The number of carboxylic acid groups (broad SMARTS) is 2. The molecule has 4 heteroatoms. The van der Waals surface area contributed by atoms with Crippen LogP contribution in [0.1, 0.15) is 39.5 Å². The molecule has 0 aromatic heterocycles. The van der Waals surface area contributed by atoms with E-state index in [-0.39, 0.29) is 0 Å². The molecular formula is C11H16O4. The highest BCUT2D eigenvalue weighted by molar-refractivity contribution is 6.11. The summed E-state index contributed by atoms with van der Waals surface area (Å²) in [5.74, 6) is -2.47. The Balaban J connectivity index is 2.96. The number of aliphatic carboxylic acids is 2. The molecule has 0 fully saturated rings. The molecule has 0 atom stereocenters.